The summed E-state index contributed by atoms with van der Waals surface area (Å²) >= 11 is 0. The predicted octanol–water partition coefficient (Wildman–Crippen LogP) is 7.11. The Morgan fingerprint density at radius 1 is 1.26 bits per heavy atom. The second kappa shape index (κ2) is 10.5. The van der Waals surface area contributed by atoms with Crippen molar-refractivity contribution in [1.29, 1.82) is 0 Å². The van der Waals surface area contributed by atoms with Gasteiger partial charge in [0.25, 0.3) is 0 Å². The van der Waals surface area contributed by atoms with Crippen molar-refractivity contribution < 1.29 is 9.47 Å². The highest BCUT2D eigenvalue weighted by atomic mass is 16.7. The summed E-state index contributed by atoms with van der Waals surface area (Å²) in [7, 11) is 0. The summed E-state index contributed by atoms with van der Waals surface area (Å²) in [6, 6.07) is 6.59. The first kappa shape index (κ1) is 21.5. The van der Waals surface area contributed by atoms with E-state index >= 15 is 0 Å². The van der Waals surface area contributed by atoms with E-state index in [1.54, 1.807) is 6.08 Å². The van der Waals surface area contributed by atoms with Crippen LogP contribution in [-0.4, -0.2) is 12.4 Å². The van der Waals surface area contributed by atoms with E-state index in [9.17, 15) is 0 Å². The number of rotatable bonds is 9. The second-order valence-corrected chi connectivity index (χ2v) is 8.18. The van der Waals surface area contributed by atoms with Gasteiger partial charge in [-0.25, -0.2) is 0 Å². The van der Waals surface area contributed by atoms with Gasteiger partial charge in [-0.05, 0) is 67.2 Å². The SMILES string of the molecule is C=C/C=C(\C=C)CC1CCCC(Oc2ccc(C(C)CC(C)C)cc2C)O1. The summed E-state index contributed by atoms with van der Waals surface area (Å²) in [6.45, 7) is 16.6. The molecule has 0 aliphatic carbocycles. The van der Waals surface area contributed by atoms with E-state index in [-0.39, 0.29) is 12.4 Å². The molecule has 148 valence electrons. The monoisotopic (exact) mass is 368 g/mol. The average Bonchev–Trinajstić information content (AvgIpc) is 2.62. The standard InChI is InChI=1S/C25H36O2/c1-7-10-21(8-2)17-23-11-9-12-25(26-23)27-24-14-13-22(16-20(24)6)19(5)15-18(3)4/h7-8,10,13-14,16,18-19,23,25H,1-2,9,11-12,15,17H2,3-6H3/b21-10+. The summed E-state index contributed by atoms with van der Waals surface area (Å²) in [4.78, 5) is 0. The van der Waals surface area contributed by atoms with Gasteiger partial charge in [0.2, 0.25) is 0 Å². The van der Waals surface area contributed by atoms with Crippen LogP contribution in [0, 0.1) is 12.8 Å². The third kappa shape index (κ3) is 6.70. The van der Waals surface area contributed by atoms with Crippen molar-refractivity contribution in [3.05, 3.63) is 66.3 Å². The molecule has 2 nitrogen and oxygen atoms in total. The number of hydrogen-bond acceptors (Lipinski definition) is 2. The Morgan fingerprint density at radius 3 is 2.67 bits per heavy atom. The van der Waals surface area contributed by atoms with Gasteiger partial charge >= 0.3 is 0 Å². The van der Waals surface area contributed by atoms with Crippen LogP contribution < -0.4 is 4.74 Å². The number of allylic oxidation sites excluding steroid dienone is 3. The van der Waals surface area contributed by atoms with E-state index in [1.807, 2.05) is 12.2 Å². The first-order valence-corrected chi connectivity index (χ1v) is 10.3. The Morgan fingerprint density at radius 2 is 2.04 bits per heavy atom. The first-order valence-electron chi connectivity index (χ1n) is 10.3. The van der Waals surface area contributed by atoms with E-state index in [0.29, 0.717) is 11.8 Å². The molecular weight excluding hydrogens is 332 g/mol. The van der Waals surface area contributed by atoms with Crippen LogP contribution in [0.2, 0.25) is 0 Å². The van der Waals surface area contributed by atoms with Gasteiger partial charge in [0.1, 0.15) is 5.75 Å². The summed E-state index contributed by atoms with van der Waals surface area (Å²) < 4.78 is 12.4. The predicted molar refractivity (Wildman–Crippen MR) is 115 cm³/mol. The molecule has 1 heterocycles. The van der Waals surface area contributed by atoms with Crippen molar-refractivity contribution in [3.63, 3.8) is 0 Å². The molecule has 3 unspecified atom stereocenters. The van der Waals surface area contributed by atoms with E-state index in [1.165, 1.54) is 17.5 Å². The Kier molecular flexibility index (Phi) is 8.37. The molecule has 2 heteroatoms. The lowest BCUT2D eigenvalue weighted by Crippen LogP contribution is -2.32. The van der Waals surface area contributed by atoms with E-state index in [4.69, 9.17) is 9.47 Å². The highest BCUT2D eigenvalue weighted by molar-refractivity contribution is 5.37. The molecule has 3 atom stereocenters. The van der Waals surface area contributed by atoms with Crippen molar-refractivity contribution in [2.24, 2.45) is 5.92 Å². The van der Waals surface area contributed by atoms with Crippen LogP contribution in [0.1, 0.15) is 69.9 Å². The molecule has 0 amide bonds. The third-order valence-corrected chi connectivity index (χ3v) is 5.22. The number of hydrogen-bond donors (Lipinski definition) is 0. The van der Waals surface area contributed by atoms with Gasteiger partial charge in [-0.3, -0.25) is 0 Å². The minimum atomic E-state index is -0.170. The van der Waals surface area contributed by atoms with Gasteiger partial charge in [-0.15, -0.1) is 0 Å². The van der Waals surface area contributed by atoms with Gasteiger partial charge < -0.3 is 9.47 Å². The minimum absolute atomic E-state index is 0.170. The molecule has 1 saturated heterocycles. The second-order valence-electron chi connectivity index (χ2n) is 8.18. The highest BCUT2D eigenvalue weighted by Crippen LogP contribution is 2.31. The summed E-state index contributed by atoms with van der Waals surface area (Å²) in [5, 5.41) is 0. The van der Waals surface area contributed by atoms with Crippen molar-refractivity contribution in [3.8, 4) is 5.75 Å². The summed E-state index contributed by atoms with van der Waals surface area (Å²) in [5.74, 6) is 2.22. The fourth-order valence-electron chi connectivity index (χ4n) is 3.83. The van der Waals surface area contributed by atoms with Crippen LogP contribution in [0.5, 0.6) is 5.75 Å². The maximum atomic E-state index is 6.22. The molecule has 1 aliphatic rings. The van der Waals surface area contributed by atoms with Crippen LogP contribution in [0.15, 0.2) is 55.2 Å². The molecule has 27 heavy (non-hydrogen) atoms. The first-order chi connectivity index (χ1) is 12.9. The maximum Gasteiger partial charge on any atom is 0.200 e. The fourth-order valence-corrected chi connectivity index (χ4v) is 3.83. The molecule has 1 fully saturated rings. The normalized spacial score (nSPS) is 21.7. The topological polar surface area (TPSA) is 18.5 Å². The Hall–Kier alpha value is -1.80. The zero-order valence-electron chi connectivity index (χ0n) is 17.5. The van der Waals surface area contributed by atoms with Crippen molar-refractivity contribution >= 4 is 0 Å². The summed E-state index contributed by atoms with van der Waals surface area (Å²) in [5.41, 5.74) is 3.74. The fraction of sp³-hybridized carbons (Fsp3) is 0.520. The van der Waals surface area contributed by atoms with Crippen molar-refractivity contribution in [2.45, 2.75) is 78.1 Å². The van der Waals surface area contributed by atoms with E-state index in [0.717, 1.165) is 37.0 Å². The van der Waals surface area contributed by atoms with Crippen LogP contribution in [0.25, 0.3) is 0 Å². The minimum Gasteiger partial charge on any atom is -0.465 e. The van der Waals surface area contributed by atoms with Crippen molar-refractivity contribution in [2.75, 3.05) is 0 Å². The zero-order valence-corrected chi connectivity index (χ0v) is 17.5. The molecule has 0 N–H and O–H groups in total. The maximum absolute atomic E-state index is 6.22. The molecular formula is C25H36O2. The lowest BCUT2D eigenvalue weighted by molar-refractivity contribution is -0.146. The van der Waals surface area contributed by atoms with Crippen LogP contribution in [-0.2, 0) is 4.74 Å². The third-order valence-electron chi connectivity index (χ3n) is 5.22. The largest absolute Gasteiger partial charge is 0.465 e. The van der Waals surface area contributed by atoms with Crippen LogP contribution in [0.4, 0.5) is 0 Å². The molecule has 1 aromatic rings. The van der Waals surface area contributed by atoms with E-state index < -0.39 is 0 Å². The quantitative estimate of drug-likeness (QED) is 0.432. The molecule has 2 rings (SSSR count). The Balaban J connectivity index is 1.98. The van der Waals surface area contributed by atoms with Crippen LogP contribution >= 0.6 is 0 Å². The molecule has 1 aromatic carbocycles. The molecule has 0 aromatic heterocycles. The Labute approximate surface area is 166 Å². The highest BCUT2D eigenvalue weighted by Gasteiger charge is 2.24. The molecule has 1 aliphatic heterocycles. The Bertz CT molecular complexity index is 656. The van der Waals surface area contributed by atoms with Crippen LogP contribution in [0.3, 0.4) is 0 Å². The number of ether oxygens (including phenoxy) is 2. The summed E-state index contributed by atoms with van der Waals surface area (Å²) in [6.07, 6.45) is 10.9. The number of aryl methyl sites for hydroxylation is 1. The van der Waals surface area contributed by atoms with Gasteiger partial charge in [0, 0.05) is 6.42 Å². The van der Waals surface area contributed by atoms with Gasteiger partial charge in [-0.1, -0.05) is 64.3 Å². The lowest BCUT2D eigenvalue weighted by atomic mass is 9.91. The molecule has 0 radical (unpaired) electrons. The van der Waals surface area contributed by atoms with Gasteiger partial charge in [0.15, 0.2) is 6.29 Å². The van der Waals surface area contributed by atoms with Gasteiger partial charge in [-0.2, -0.15) is 0 Å². The zero-order chi connectivity index (χ0) is 19.8. The van der Waals surface area contributed by atoms with Crippen molar-refractivity contribution in [1.82, 2.24) is 0 Å². The average molecular weight is 369 g/mol. The number of benzene rings is 1. The smallest absolute Gasteiger partial charge is 0.200 e. The molecule has 0 bridgehead atoms. The van der Waals surface area contributed by atoms with Gasteiger partial charge in [0.05, 0.1) is 6.10 Å². The molecule has 0 spiro atoms. The van der Waals surface area contributed by atoms with E-state index in [2.05, 4.69) is 59.1 Å². The molecule has 0 saturated carbocycles. The lowest BCUT2D eigenvalue weighted by Gasteiger charge is -2.31.